The van der Waals surface area contributed by atoms with E-state index >= 15 is 0 Å². The van der Waals surface area contributed by atoms with Gasteiger partial charge in [0.25, 0.3) is 0 Å². The van der Waals surface area contributed by atoms with E-state index in [1.165, 1.54) is 18.5 Å². The molecule has 0 spiro atoms. The molecule has 0 radical (unpaired) electrons. The molecule has 0 aliphatic carbocycles. The molecule has 2 rings (SSSR count). The Morgan fingerprint density at radius 2 is 1.96 bits per heavy atom. The van der Waals surface area contributed by atoms with Crippen molar-refractivity contribution in [2.45, 2.75) is 46.1 Å². The van der Waals surface area contributed by atoms with Gasteiger partial charge < -0.3 is 15.3 Å². The van der Waals surface area contributed by atoms with Crippen LogP contribution in [-0.2, 0) is 11.3 Å². The maximum absolute atomic E-state index is 11.6. The first-order valence-corrected chi connectivity index (χ1v) is 8.88. The summed E-state index contributed by atoms with van der Waals surface area (Å²) in [5.74, 6) is -0.728. The minimum atomic E-state index is -0.728. The van der Waals surface area contributed by atoms with Crippen LogP contribution in [0.5, 0.6) is 0 Å². The van der Waals surface area contributed by atoms with Crippen molar-refractivity contribution < 1.29 is 9.90 Å². The Balaban J connectivity index is 2.09. The summed E-state index contributed by atoms with van der Waals surface area (Å²) in [7, 11) is 0. The van der Waals surface area contributed by atoms with Gasteiger partial charge in [0, 0.05) is 42.5 Å². The molecule has 0 saturated carbocycles. The zero-order valence-electron chi connectivity index (χ0n) is 14.1. The number of halogens is 1. The van der Waals surface area contributed by atoms with Gasteiger partial charge >= 0.3 is 5.97 Å². The second-order valence-corrected chi connectivity index (χ2v) is 6.74. The van der Waals surface area contributed by atoms with Crippen LogP contribution in [0.15, 0.2) is 18.2 Å². The normalized spacial score (nSPS) is 15.2. The van der Waals surface area contributed by atoms with Crippen molar-refractivity contribution in [3.63, 3.8) is 0 Å². The summed E-state index contributed by atoms with van der Waals surface area (Å²) in [5.41, 5.74) is 1.55. The number of hydrogen-bond acceptors (Lipinski definition) is 3. The second kappa shape index (κ2) is 8.02. The third-order valence-corrected chi connectivity index (χ3v) is 5.47. The predicted molar refractivity (Wildman–Crippen MR) is 95.3 cm³/mol. The molecular formula is C18H27ClN2O2. The standard InChI is InChI=1S/C18H27ClN2O2/c1-3-18(4-2,17(22)23)13-20-12-14-15(19)8-7-9-16(14)21-10-5-6-11-21/h7-9,20H,3-6,10-13H2,1-2H3,(H,22,23). The van der Waals surface area contributed by atoms with Crippen LogP contribution in [0.3, 0.4) is 0 Å². The van der Waals surface area contributed by atoms with Crippen molar-refractivity contribution >= 4 is 23.3 Å². The first-order chi connectivity index (χ1) is 11.0. The minimum absolute atomic E-state index is 0.458. The monoisotopic (exact) mass is 338 g/mol. The molecule has 1 aromatic carbocycles. The van der Waals surface area contributed by atoms with Gasteiger partial charge in [-0.3, -0.25) is 4.79 Å². The molecule has 0 unspecified atom stereocenters. The van der Waals surface area contributed by atoms with E-state index in [-0.39, 0.29) is 0 Å². The highest BCUT2D eigenvalue weighted by Gasteiger charge is 2.34. The number of nitrogens with one attached hydrogen (secondary N) is 1. The van der Waals surface area contributed by atoms with Gasteiger partial charge in [0.1, 0.15) is 0 Å². The van der Waals surface area contributed by atoms with E-state index in [9.17, 15) is 9.90 Å². The maximum atomic E-state index is 11.6. The lowest BCUT2D eigenvalue weighted by atomic mass is 9.82. The number of nitrogens with zero attached hydrogens (tertiary/aromatic N) is 1. The molecule has 128 valence electrons. The topological polar surface area (TPSA) is 52.6 Å². The first kappa shape index (κ1) is 18.1. The Labute approximate surface area is 143 Å². The van der Waals surface area contributed by atoms with Crippen molar-refractivity contribution in [3.8, 4) is 0 Å². The molecule has 1 saturated heterocycles. The van der Waals surface area contributed by atoms with Gasteiger partial charge in [0.2, 0.25) is 0 Å². The lowest BCUT2D eigenvalue weighted by molar-refractivity contribution is -0.149. The number of aliphatic carboxylic acids is 1. The molecule has 0 aromatic heterocycles. The van der Waals surface area contributed by atoms with E-state index in [4.69, 9.17) is 11.6 Å². The first-order valence-electron chi connectivity index (χ1n) is 8.50. The van der Waals surface area contributed by atoms with E-state index in [1.54, 1.807) is 0 Å². The van der Waals surface area contributed by atoms with Crippen LogP contribution in [0.1, 0.15) is 45.1 Å². The third kappa shape index (κ3) is 3.99. The van der Waals surface area contributed by atoms with Crippen molar-refractivity contribution in [1.29, 1.82) is 0 Å². The second-order valence-electron chi connectivity index (χ2n) is 6.33. The molecule has 1 heterocycles. The molecule has 0 bridgehead atoms. The number of benzene rings is 1. The molecular weight excluding hydrogens is 312 g/mol. The van der Waals surface area contributed by atoms with Crippen molar-refractivity contribution in [2.75, 3.05) is 24.5 Å². The summed E-state index contributed by atoms with van der Waals surface area (Å²) in [6.45, 7) is 7.06. The maximum Gasteiger partial charge on any atom is 0.310 e. The number of hydrogen-bond donors (Lipinski definition) is 2. The fourth-order valence-electron chi connectivity index (χ4n) is 3.28. The summed E-state index contributed by atoms with van der Waals surface area (Å²) in [4.78, 5) is 14.0. The van der Waals surface area contributed by atoms with Crippen LogP contribution in [-0.4, -0.2) is 30.7 Å². The molecule has 0 atom stereocenters. The van der Waals surface area contributed by atoms with E-state index < -0.39 is 11.4 Å². The Bertz CT molecular complexity index is 538. The largest absolute Gasteiger partial charge is 0.481 e. The molecule has 1 fully saturated rings. The Hall–Kier alpha value is -1.26. The van der Waals surface area contributed by atoms with Crippen molar-refractivity contribution in [1.82, 2.24) is 5.32 Å². The summed E-state index contributed by atoms with van der Waals surface area (Å²) in [6.07, 6.45) is 3.67. The quantitative estimate of drug-likeness (QED) is 0.754. The summed E-state index contributed by atoms with van der Waals surface area (Å²) >= 11 is 6.41. The van der Waals surface area contributed by atoms with Crippen LogP contribution >= 0.6 is 11.6 Å². The highest BCUT2D eigenvalue weighted by Crippen LogP contribution is 2.31. The van der Waals surface area contributed by atoms with Gasteiger partial charge in [-0.15, -0.1) is 0 Å². The molecule has 0 amide bonds. The fourth-order valence-corrected chi connectivity index (χ4v) is 3.52. The number of carboxylic acid groups (broad SMARTS) is 1. The summed E-state index contributed by atoms with van der Waals surface area (Å²) in [5, 5.41) is 13.6. The van der Waals surface area contributed by atoms with Gasteiger partial charge in [-0.1, -0.05) is 31.5 Å². The highest BCUT2D eigenvalue weighted by molar-refractivity contribution is 6.31. The van der Waals surface area contributed by atoms with Crippen LogP contribution in [0.4, 0.5) is 5.69 Å². The number of carbonyl (C=O) groups is 1. The van der Waals surface area contributed by atoms with Crippen molar-refractivity contribution in [2.24, 2.45) is 5.41 Å². The summed E-state index contributed by atoms with van der Waals surface area (Å²) in [6, 6.07) is 6.00. The molecule has 2 N–H and O–H groups in total. The molecule has 23 heavy (non-hydrogen) atoms. The van der Waals surface area contributed by atoms with Gasteiger partial charge in [-0.25, -0.2) is 0 Å². The van der Waals surface area contributed by atoms with Gasteiger partial charge in [-0.2, -0.15) is 0 Å². The average molecular weight is 339 g/mol. The van der Waals surface area contributed by atoms with E-state index in [1.807, 2.05) is 26.0 Å². The fraction of sp³-hybridized carbons (Fsp3) is 0.611. The van der Waals surface area contributed by atoms with Crippen LogP contribution in [0.2, 0.25) is 5.02 Å². The Kier molecular flexibility index (Phi) is 6.31. The van der Waals surface area contributed by atoms with E-state index in [2.05, 4.69) is 16.3 Å². The SMILES string of the molecule is CCC(CC)(CNCc1c(Cl)cccc1N1CCCC1)C(=O)O. The Morgan fingerprint density at radius 3 is 2.52 bits per heavy atom. The zero-order valence-corrected chi connectivity index (χ0v) is 14.8. The van der Waals surface area contributed by atoms with Gasteiger partial charge in [0.05, 0.1) is 5.41 Å². The number of rotatable bonds is 8. The highest BCUT2D eigenvalue weighted by atomic mass is 35.5. The zero-order chi connectivity index (χ0) is 16.9. The van der Waals surface area contributed by atoms with E-state index in [0.29, 0.717) is 25.9 Å². The molecule has 1 aromatic rings. The third-order valence-electron chi connectivity index (χ3n) is 5.11. The minimum Gasteiger partial charge on any atom is -0.481 e. The molecule has 1 aliphatic rings. The number of anilines is 1. The van der Waals surface area contributed by atoms with Crippen LogP contribution in [0.25, 0.3) is 0 Å². The molecule has 5 heteroatoms. The van der Waals surface area contributed by atoms with E-state index in [0.717, 1.165) is 23.7 Å². The summed E-state index contributed by atoms with van der Waals surface area (Å²) < 4.78 is 0. The lowest BCUT2D eigenvalue weighted by Gasteiger charge is -2.28. The lowest BCUT2D eigenvalue weighted by Crippen LogP contribution is -2.40. The predicted octanol–water partition coefficient (Wildman–Crippen LogP) is 3.92. The van der Waals surface area contributed by atoms with Crippen LogP contribution < -0.4 is 10.2 Å². The molecule has 4 nitrogen and oxygen atoms in total. The van der Waals surface area contributed by atoms with Crippen LogP contribution in [0, 0.1) is 5.41 Å². The molecule has 1 aliphatic heterocycles. The Morgan fingerprint density at radius 1 is 1.30 bits per heavy atom. The van der Waals surface area contributed by atoms with Gasteiger partial charge in [-0.05, 0) is 37.8 Å². The smallest absolute Gasteiger partial charge is 0.310 e. The average Bonchev–Trinajstić information content (AvgIpc) is 3.07. The van der Waals surface area contributed by atoms with Gasteiger partial charge in [0.15, 0.2) is 0 Å². The number of carboxylic acids is 1. The van der Waals surface area contributed by atoms with Crippen molar-refractivity contribution in [3.05, 3.63) is 28.8 Å².